The predicted molar refractivity (Wildman–Crippen MR) is 145 cm³/mol. The van der Waals surface area contributed by atoms with Crippen molar-refractivity contribution in [2.45, 2.75) is 71.4 Å². The third-order valence-electron chi connectivity index (χ3n) is 7.88. The van der Waals surface area contributed by atoms with E-state index in [0.29, 0.717) is 22.0 Å². The maximum Gasteiger partial charge on any atom is 0.179 e. The molecule has 1 aromatic carbocycles. The number of rotatable bonds is 4. The van der Waals surface area contributed by atoms with E-state index in [1.165, 1.54) is 51.6 Å². The Kier molecular flexibility index (Phi) is 7.52. The van der Waals surface area contributed by atoms with Gasteiger partial charge in [-0.05, 0) is 69.8 Å². The number of aromatic nitrogens is 4. The lowest BCUT2D eigenvalue weighted by atomic mass is 9.91. The first-order valence-electron chi connectivity index (χ1n) is 13.1. The van der Waals surface area contributed by atoms with Crippen molar-refractivity contribution in [3.8, 4) is 0 Å². The van der Waals surface area contributed by atoms with Gasteiger partial charge in [0.05, 0.1) is 17.9 Å². The van der Waals surface area contributed by atoms with Crippen molar-refractivity contribution in [3.63, 3.8) is 0 Å². The third kappa shape index (κ3) is 5.16. The summed E-state index contributed by atoms with van der Waals surface area (Å²) in [5.41, 5.74) is 3.49. The predicted octanol–water partition coefficient (Wildman–Crippen LogP) is 6.53. The van der Waals surface area contributed by atoms with Gasteiger partial charge in [0.1, 0.15) is 11.3 Å². The number of anilines is 1. The SMILES string of the molecule is Cc1nn([C@H](C)c2ccc(Cl)cc2Cl)c2nc(N3CC[C@H](N4CCCCCCC4)[C@H](C)C3)cnc12. The fourth-order valence-electron chi connectivity index (χ4n) is 5.92. The van der Waals surface area contributed by atoms with Crippen LogP contribution in [0.1, 0.15) is 69.7 Å². The average Bonchev–Trinajstić information content (AvgIpc) is 3.15. The molecule has 2 aromatic heterocycles. The Morgan fingerprint density at radius 1 is 1.03 bits per heavy atom. The van der Waals surface area contributed by atoms with Crippen LogP contribution in [0.2, 0.25) is 10.0 Å². The van der Waals surface area contributed by atoms with Gasteiger partial charge in [0.25, 0.3) is 0 Å². The number of aryl methyl sites for hydroxylation is 1. The molecule has 0 saturated carbocycles. The minimum atomic E-state index is -0.0858. The van der Waals surface area contributed by atoms with Crippen molar-refractivity contribution in [2.75, 3.05) is 31.1 Å². The molecular weight excluding hydrogens is 479 g/mol. The fourth-order valence-corrected chi connectivity index (χ4v) is 6.49. The number of hydrogen-bond acceptors (Lipinski definition) is 5. The van der Waals surface area contributed by atoms with Gasteiger partial charge in [0.2, 0.25) is 0 Å². The minimum absolute atomic E-state index is 0.0858. The monoisotopic (exact) mass is 514 g/mol. The van der Waals surface area contributed by atoms with E-state index in [2.05, 4.69) is 23.6 Å². The van der Waals surface area contributed by atoms with Crippen molar-refractivity contribution in [1.82, 2.24) is 24.6 Å². The van der Waals surface area contributed by atoms with E-state index in [0.717, 1.165) is 41.3 Å². The standard InChI is InChI=1S/C27H36Cl2N6/c1-18-17-34(14-11-24(18)33-12-7-5-4-6-8-13-33)25-16-30-26-19(2)32-35(27(26)31-25)20(3)22-10-9-21(28)15-23(22)29/h9-10,15-16,18,20,24H,4-8,11-14,17H2,1-3H3/t18-,20-,24+/m1/s1. The van der Waals surface area contributed by atoms with Crippen molar-refractivity contribution >= 4 is 40.2 Å². The second kappa shape index (κ2) is 10.6. The molecule has 6 nitrogen and oxygen atoms in total. The van der Waals surface area contributed by atoms with Crippen LogP contribution in [0.25, 0.3) is 11.2 Å². The minimum Gasteiger partial charge on any atom is -0.355 e. The van der Waals surface area contributed by atoms with Gasteiger partial charge in [-0.3, -0.25) is 4.90 Å². The maximum atomic E-state index is 6.52. The van der Waals surface area contributed by atoms with Crippen LogP contribution in [-0.2, 0) is 0 Å². The van der Waals surface area contributed by atoms with Crippen LogP contribution in [0.4, 0.5) is 5.82 Å². The first-order chi connectivity index (χ1) is 16.9. The van der Waals surface area contributed by atoms with Crippen molar-refractivity contribution < 1.29 is 0 Å². The van der Waals surface area contributed by atoms with Gasteiger partial charge in [0.15, 0.2) is 5.65 Å². The summed E-state index contributed by atoms with van der Waals surface area (Å²) in [5, 5.41) is 6.06. The molecule has 35 heavy (non-hydrogen) atoms. The van der Waals surface area contributed by atoms with Crippen LogP contribution in [0.3, 0.4) is 0 Å². The van der Waals surface area contributed by atoms with Crippen molar-refractivity contribution in [3.05, 3.63) is 45.7 Å². The number of halogens is 2. The fraction of sp³-hybridized carbons (Fsp3) is 0.593. The third-order valence-corrected chi connectivity index (χ3v) is 8.44. The molecule has 0 aliphatic carbocycles. The number of benzene rings is 1. The van der Waals surface area contributed by atoms with E-state index in [1.807, 2.05) is 29.9 Å². The number of nitrogens with zero attached hydrogens (tertiary/aromatic N) is 6. The van der Waals surface area contributed by atoms with Gasteiger partial charge < -0.3 is 4.90 Å². The Balaban J connectivity index is 1.38. The van der Waals surface area contributed by atoms with Gasteiger partial charge in [-0.25, -0.2) is 14.6 Å². The zero-order chi connectivity index (χ0) is 24.5. The topological polar surface area (TPSA) is 50.1 Å². The molecule has 0 bridgehead atoms. The molecule has 0 N–H and O–H groups in total. The van der Waals surface area contributed by atoms with E-state index in [-0.39, 0.29) is 6.04 Å². The largest absolute Gasteiger partial charge is 0.355 e. The van der Waals surface area contributed by atoms with Gasteiger partial charge >= 0.3 is 0 Å². The average molecular weight is 516 g/mol. The van der Waals surface area contributed by atoms with E-state index < -0.39 is 0 Å². The quantitative estimate of drug-likeness (QED) is 0.395. The molecule has 0 radical (unpaired) electrons. The highest BCUT2D eigenvalue weighted by Gasteiger charge is 2.31. The van der Waals surface area contributed by atoms with Crippen LogP contribution in [0.5, 0.6) is 0 Å². The smallest absolute Gasteiger partial charge is 0.179 e. The summed E-state index contributed by atoms with van der Waals surface area (Å²) in [7, 11) is 0. The Bertz CT molecular complexity index is 1170. The molecule has 3 atom stereocenters. The summed E-state index contributed by atoms with van der Waals surface area (Å²) in [6.45, 7) is 11.0. The zero-order valence-corrected chi connectivity index (χ0v) is 22.6. The van der Waals surface area contributed by atoms with Crippen LogP contribution >= 0.6 is 23.2 Å². The zero-order valence-electron chi connectivity index (χ0n) is 21.1. The molecule has 2 aliphatic heterocycles. The van der Waals surface area contributed by atoms with E-state index in [1.54, 1.807) is 6.07 Å². The Hall–Kier alpha value is -1.89. The Morgan fingerprint density at radius 2 is 1.77 bits per heavy atom. The summed E-state index contributed by atoms with van der Waals surface area (Å²) in [4.78, 5) is 15.1. The van der Waals surface area contributed by atoms with Crippen LogP contribution in [0.15, 0.2) is 24.4 Å². The summed E-state index contributed by atoms with van der Waals surface area (Å²) in [5.74, 6) is 1.53. The Labute approximate surface area is 218 Å². The number of piperidine rings is 1. The maximum absolute atomic E-state index is 6.52. The molecule has 4 heterocycles. The summed E-state index contributed by atoms with van der Waals surface area (Å²) < 4.78 is 1.95. The number of fused-ring (bicyclic) bond motifs is 1. The highest BCUT2D eigenvalue weighted by Crippen LogP contribution is 2.32. The first kappa shape index (κ1) is 24.8. The van der Waals surface area contributed by atoms with Gasteiger partial charge in [0, 0.05) is 29.2 Å². The molecule has 2 saturated heterocycles. The van der Waals surface area contributed by atoms with E-state index in [9.17, 15) is 0 Å². The molecular formula is C27H36Cl2N6. The normalized spacial score (nSPS) is 23.3. The van der Waals surface area contributed by atoms with Crippen LogP contribution < -0.4 is 4.90 Å². The molecule has 5 rings (SSSR count). The molecule has 0 unspecified atom stereocenters. The Morgan fingerprint density at radius 3 is 2.49 bits per heavy atom. The second-order valence-electron chi connectivity index (χ2n) is 10.4. The summed E-state index contributed by atoms with van der Waals surface area (Å²) in [6.07, 6.45) is 9.95. The van der Waals surface area contributed by atoms with Gasteiger partial charge in [-0.1, -0.05) is 55.5 Å². The molecule has 2 fully saturated rings. The highest BCUT2D eigenvalue weighted by atomic mass is 35.5. The second-order valence-corrected chi connectivity index (χ2v) is 11.2. The summed E-state index contributed by atoms with van der Waals surface area (Å²) >= 11 is 12.6. The lowest BCUT2D eigenvalue weighted by Gasteiger charge is -2.43. The van der Waals surface area contributed by atoms with E-state index >= 15 is 0 Å². The van der Waals surface area contributed by atoms with E-state index in [4.69, 9.17) is 38.3 Å². The molecule has 8 heteroatoms. The number of likely N-dealkylation sites (tertiary alicyclic amines) is 1. The first-order valence-corrected chi connectivity index (χ1v) is 13.8. The number of hydrogen-bond donors (Lipinski definition) is 0. The lowest BCUT2D eigenvalue weighted by molar-refractivity contribution is 0.118. The van der Waals surface area contributed by atoms with Crippen molar-refractivity contribution in [2.24, 2.45) is 5.92 Å². The van der Waals surface area contributed by atoms with Crippen LogP contribution in [0, 0.1) is 12.8 Å². The van der Waals surface area contributed by atoms with Crippen LogP contribution in [-0.4, -0.2) is 56.9 Å². The van der Waals surface area contributed by atoms with Gasteiger partial charge in [-0.15, -0.1) is 0 Å². The van der Waals surface area contributed by atoms with Crippen molar-refractivity contribution in [1.29, 1.82) is 0 Å². The molecule has 0 spiro atoms. The molecule has 0 amide bonds. The summed E-state index contributed by atoms with van der Waals surface area (Å²) in [6, 6.07) is 6.19. The molecule has 2 aliphatic rings. The lowest BCUT2D eigenvalue weighted by Crippen LogP contribution is -2.51. The highest BCUT2D eigenvalue weighted by molar-refractivity contribution is 6.35. The molecule has 3 aromatic rings. The van der Waals surface area contributed by atoms with Gasteiger partial charge in [-0.2, -0.15) is 5.10 Å². The molecule has 188 valence electrons.